The first-order chi connectivity index (χ1) is 13.0. The highest BCUT2D eigenvalue weighted by Crippen LogP contribution is 2.24. The van der Waals surface area contributed by atoms with Gasteiger partial charge in [-0.1, -0.05) is 24.3 Å². The van der Waals surface area contributed by atoms with E-state index in [0.717, 1.165) is 11.3 Å². The van der Waals surface area contributed by atoms with Crippen molar-refractivity contribution in [3.8, 4) is 0 Å². The van der Waals surface area contributed by atoms with Crippen LogP contribution in [0, 0.1) is 5.92 Å². The van der Waals surface area contributed by atoms with Gasteiger partial charge in [0.25, 0.3) is 0 Å². The smallest absolute Gasteiger partial charge is 0.242 e. The zero-order valence-corrected chi connectivity index (χ0v) is 15.1. The van der Waals surface area contributed by atoms with Crippen molar-refractivity contribution < 1.29 is 14.4 Å². The van der Waals surface area contributed by atoms with E-state index in [1.54, 1.807) is 30.3 Å². The maximum Gasteiger partial charge on any atom is 0.242 e. The SMILES string of the molecule is C[C@@H](NC(=O)C1CC(=O)N(c2ccccc2)C1)C(=O)NCc1cccnc1. The van der Waals surface area contributed by atoms with Gasteiger partial charge < -0.3 is 15.5 Å². The van der Waals surface area contributed by atoms with Crippen molar-refractivity contribution in [3.05, 3.63) is 60.4 Å². The topological polar surface area (TPSA) is 91.4 Å². The van der Waals surface area contributed by atoms with Gasteiger partial charge in [0.05, 0.1) is 5.92 Å². The van der Waals surface area contributed by atoms with Crippen LogP contribution in [0.2, 0.25) is 0 Å². The van der Waals surface area contributed by atoms with Crippen molar-refractivity contribution in [1.82, 2.24) is 15.6 Å². The molecular weight excluding hydrogens is 344 g/mol. The Morgan fingerprint density at radius 1 is 1.22 bits per heavy atom. The summed E-state index contributed by atoms with van der Waals surface area (Å²) in [5.41, 5.74) is 1.66. The molecule has 1 aliphatic heterocycles. The van der Waals surface area contributed by atoms with E-state index in [4.69, 9.17) is 0 Å². The van der Waals surface area contributed by atoms with Crippen LogP contribution in [0.15, 0.2) is 54.9 Å². The number of aromatic nitrogens is 1. The van der Waals surface area contributed by atoms with E-state index >= 15 is 0 Å². The predicted octanol–water partition coefficient (Wildman–Crippen LogP) is 1.26. The largest absolute Gasteiger partial charge is 0.350 e. The van der Waals surface area contributed by atoms with Crippen molar-refractivity contribution in [2.75, 3.05) is 11.4 Å². The fourth-order valence-electron chi connectivity index (χ4n) is 2.98. The highest BCUT2D eigenvalue weighted by molar-refractivity contribution is 6.01. The van der Waals surface area contributed by atoms with E-state index in [1.165, 1.54) is 0 Å². The number of rotatable bonds is 6. The van der Waals surface area contributed by atoms with Crippen molar-refractivity contribution in [2.45, 2.75) is 25.9 Å². The number of hydrogen-bond donors (Lipinski definition) is 2. The number of anilines is 1. The standard InChI is InChI=1S/C20H22N4O3/c1-14(19(26)22-12-15-6-5-9-21-11-15)23-20(27)16-10-18(25)24(13-16)17-7-3-2-4-8-17/h2-9,11,14,16H,10,12-13H2,1H3,(H,22,26)(H,23,27)/t14-,16?/m1/s1. The zero-order chi connectivity index (χ0) is 19.2. The third-order valence-corrected chi connectivity index (χ3v) is 4.51. The van der Waals surface area contributed by atoms with E-state index in [9.17, 15) is 14.4 Å². The summed E-state index contributed by atoms with van der Waals surface area (Å²) in [6.07, 6.45) is 3.48. The molecule has 1 aromatic carbocycles. The molecule has 1 unspecified atom stereocenters. The van der Waals surface area contributed by atoms with Gasteiger partial charge >= 0.3 is 0 Å². The Labute approximate surface area is 157 Å². The summed E-state index contributed by atoms with van der Waals surface area (Å²) < 4.78 is 0. The van der Waals surface area contributed by atoms with Crippen LogP contribution in [-0.4, -0.2) is 35.3 Å². The van der Waals surface area contributed by atoms with E-state index in [0.29, 0.717) is 13.1 Å². The van der Waals surface area contributed by atoms with Crippen LogP contribution in [0.5, 0.6) is 0 Å². The molecule has 1 fully saturated rings. The Morgan fingerprint density at radius 2 is 2.00 bits per heavy atom. The lowest BCUT2D eigenvalue weighted by atomic mass is 10.1. The lowest BCUT2D eigenvalue weighted by molar-refractivity contribution is -0.131. The van der Waals surface area contributed by atoms with Crippen LogP contribution in [0.1, 0.15) is 18.9 Å². The summed E-state index contributed by atoms with van der Waals surface area (Å²) in [6.45, 7) is 2.29. The quantitative estimate of drug-likeness (QED) is 0.805. The summed E-state index contributed by atoms with van der Waals surface area (Å²) in [6, 6.07) is 12.2. The molecule has 27 heavy (non-hydrogen) atoms. The van der Waals surface area contributed by atoms with Crippen molar-refractivity contribution in [2.24, 2.45) is 5.92 Å². The maximum atomic E-state index is 12.5. The number of hydrogen-bond acceptors (Lipinski definition) is 4. The van der Waals surface area contributed by atoms with Crippen molar-refractivity contribution >= 4 is 23.4 Å². The molecule has 1 aliphatic rings. The minimum atomic E-state index is -0.685. The molecule has 7 heteroatoms. The molecule has 3 rings (SSSR count). The normalized spacial score (nSPS) is 17.4. The second-order valence-electron chi connectivity index (χ2n) is 6.55. The summed E-state index contributed by atoms with van der Waals surface area (Å²) >= 11 is 0. The number of nitrogens with one attached hydrogen (secondary N) is 2. The molecule has 0 spiro atoms. The van der Waals surface area contributed by atoms with Gasteiger partial charge in [0, 0.05) is 37.6 Å². The van der Waals surface area contributed by atoms with Gasteiger partial charge in [-0.15, -0.1) is 0 Å². The van der Waals surface area contributed by atoms with Gasteiger partial charge in [-0.2, -0.15) is 0 Å². The summed E-state index contributed by atoms with van der Waals surface area (Å²) in [5.74, 6) is -1.12. The molecule has 0 aliphatic carbocycles. The van der Waals surface area contributed by atoms with Gasteiger partial charge in [0.2, 0.25) is 17.7 Å². The van der Waals surface area contributed by atoms with Gasteiger partial charge in [-0.25, -0.2) is 0 Å². The molecule has 2 N–H and O–H groups in total. The van der Waals surface area contributed by atoms with Gasteiger partial charge in [-0.05, 0) is 30.7 Å². The highest BCUT2D eigenvalue weighted by Gasteiger charge is 2.35. The van der Waals surface area contributed by atoms with Crippen LogP contribution in [0.3, 0.4) is 0 Å². The van der Waals surface area contributed by atoms with Crippen LogP contribution >= 0.6 is 0 Å². The second-order valence-corrected chi connectivity index (χ2v) is 6.55. The fourth-order valence-corrected chi connectivity index (χ4v) is 2.98. The lowest BCUT2D eigenvalue weighted by Gasteiger charge is -2.18. The van der Waals surface area contributed by atoms with Crippen LogP contribution in [0.4, 0.5) is 5.69 Å². The molecule has 0 bridgehead atoms. The van der Waals surface area contributed by atoms with Gasteiger partial charge in [-0.3, -0.25) is 19.4 Å². The monoisotopic (exact) mass is 366 g/mol. The molecular formula is C20H22N4O3. The molecule has 2 atom stereocenters. The summed E-state index contributed by atoms with van der Waals surface area (Å²) in [7, 11) is 0. The molecule has 3 amide bonds. The number of amides is 3. The van der Waals surface area contributed by atoms with Crippen LogP contribution in [-0.2, 0) is 20.9 Å². The molecule has 1 saturated heterocycles. The predicted molar refractivity (Wildman–Crippen MR) is 101 cm³/mol. The van der Waals surface area contributed by atoms with E-state index in [-0.39, 0.29) is 24.1 Å². The number of carbonyl (C=O) groups is 3. The van der Waals surface area contributed by atoms with Crippen molar-refractivity contribution in [1.29, 1.82) is 0 Å². The number of nitrogens with zero attached hydrogens (tertiary/aromatic N) is 2. The first kappa shape index (κ1) is 18.6. The second kappa shape index (κ2) is 8.44. The van der Waals surface area contributed by atoms with Gasteiger partial charge in [0.1, 0.15) is 6.04 Å². The average molecular weight is 366 g/mol. The zero-order valence-electron chi connectivity index (χ0n) is 15.1. The Balaban J connectivity index is 1.51. The summed E-state index contributed by atoms with van der Waals surface area (Å²) in [4.78, 5) is 42.5. The minimum Gasteiger partial charge on any atom is -0.350 e. The van der Waals surface area contributed by atoms with Gasteiger partial charge in [0.15, 0.2) is 0 Å². The Hall–Kier alpha value is -3.22. The Morgan fingerprint density at radius 3 is 2.70 bits per heavy atom. The molecule has 0 saturated carbocycles. The van der Waals surface area contributed by atoms with Crippen molar-refractivity contribution in [3.63, 3.8) is 0 Å². The first-order valence-corrected chi connectivity index (χ1v) is 8.87. The number of para-hydroxylation sites is 1. The molecule has 140 valence electrons. The Kier molecular flexibility index (Phi) is 5.80. The van der Waals surface area contributed by atoms with E-state index in [2.05, 4.69) is 15.6 Å². The molecule has 2 heterocycles. The number of carbonyl (C=O) groups excluding carboxylic acids is 3. The average Bonchev–Trinajstić information content (AvgIpc) is 3.09. The minimum absolute atomic E-state index is 0.0879. The number of benzene rings is 1. The first-order valence-electron chi connectivity index (χ1n) is 8.87. The molecule has 1 aromatic heterocycles. The number of pyridine rings is 1. The molecule has 2 aromatic rings. The lowest BCUT2D eigenvalue weighted by Crippen LogP contribution is -2.47. The molecule has 0 radical (unpaired) electrons. The van der Waals surface area contributed by atoms with E-state index < -0.39 is 12.0 Å². The third-order valence-electron chi connectivity index (χ3n) is 4.51. The highest BCUT2D eigenvalue weighted by atomic mass is 16.2. The summed E-state index contributed by atoms with van der Waals surface area (Å²) in [5, 5.41) is 5.47. The molecule has 7 nitrogen and oxygen atoms in total. The van der Waals surface area contributed by atoms with Crippen LogP contribution < -0.4 is 15.5 Å². The fraction of sp³-hybridized carbons (Fsp3) is 0.300. The Bertz CT molecular complexity index is 810. The third kappa shape index (κ3) is 4.69. The van der Waals surface area contributed by atoms with Crippen LogP contribution in [0.25, 0.3) is 0 Å². The van der Waals surface area contributed by atoms with E-state index in [1.807, 2.05) is 36.4 Å². The maximum absolute atomic E-state index is 12.5.